The van der Waals surface area contributed by atoms with E-state index in [2.05, 4.69) is 33.4 Å². The molecule has 0 unspecified atom stereocenters. The van der Waals surface area contributed by atoms with E-state index in [1.54, 1.807) is 0 Å². The minimum absolute atomic E-state index is 0. The number of ether oxygens (including phenoxy) is 1. The van der Waals surface area contributed by atoms with Gasteiger partial charge >= 0.3 is 0 Å². The molecule has 4 rings (SSSR count). The molecule has 0 bridgehead atoms. The molecule has 0 spiro atoms. The number of nitrogens with one attached hydrogen (secondary N) is 1. The Morgan fingerprint density at radius 2 is 1.69 bits per heavy atom. The lowest BCUT2D eigenvalue weighted by atomic mass is 9.79. The normalized spacial score (nSPS) is 18.5. The minimum Gasteiger partial charge on any atom is -0.487 e. The fourth-order valence-electron chi connectivity index (χ4n) is 4.53. The molecule has 3 heterocycles. The highest BCUT2D eigenvalue weighted by Crippen LogP contribution is 2.31. The van der Waals surface area contributed by atoms with E-state index in [4.69, 9.17) is 4.74 Å². The van der Waals surface area contributed by atoms with Crippen molar-refractivity contribution in [1.29, 1.82) is 0 Å². The SMILES string of the molecule is Cl.Cl.c1ccc(COc2cccc(CN3CCC(C4CCNCC4)CC3)c2)nc1. The molecule has 0 saturated carbocycles. The average molecular weight is 438 g/mol. The summed E-state index contributed by atoms with van der Waals surface area (Å²) >= 11 is 0. The zero-order chi connectivity index (χ0) is 18.3. The largest absolute Gasteiger partial charge is 0.487 e. The second-order valence-corrected chi connectivity index (χ2v) is 7.96. The van der Waals surface area contributed by atoms with E-state index >= 15 is 0 Å². The fourth-order valence-corrected chi connectivity index (χ4v) is 4.53. The predicted molar refractivity (Wildman–Crippen MR) is 123 cm³/mol. The number of halogens is 2. The summed E-state index contributed by atoms with van der Waals surface area (Å²) in [5, 5.41) is 3.50. The van der Waals surface area contributed by atoms with Crippen molar-refractivity contribution >= 4 is 24.8 Å². The number of hydrogen-bond donors (Lipinski definition) is 1. The standard InChI is InChI=1S/C23H31N3O.2ClH/c1-2-11-25-22(5-1)18-27-23-6-3-4-19(16-23)17-26-14-9-21(10-15-26)20-7-12-24-13-8-20;;/h1-6,11,16,20-21,24H,7-10,12-15,17-18H2;2*1H. The van der Waals surface area contributed by atoms with Crippen LogP contribution in [-0.4, -0.2) is 36.1 Å². The Balaban J connectivity index is 0.00000150. The van der Waals surface area contributed by atoms with Gasteiger partial charge in [-0.05, 0) is 93.5 Å². The van der Waals surface area contributed by atoms with Crippen molar-refractivity contribution in [3.63, 3.8) is 0 Å². The molecule has 2 fully saturated rings. The highest BCUT2D eigenvalue weighted by molar-refractivity contribution is 5.85. The maximum atomic E-state index is 5.93. The summed E-state index contributed by atoms with van der Waals surface area (Å²) in [6, 6.07) is 14.5. The van der Waals surface area contributed by atoms with Crippen LogP contribution < -0.4 is 10.1 Å². The summed E-state index contributed by atoms with van der Waals surface area (Å²) in [6.45, 7) is 6.44. The van der Waals surface area contributed by atoms with Gasteiger partial charge in [-0.3, -0.25) is 9.88 Å². The minimum atomic E-state index is 0. The van der Waals surface area contributed by atoms with Crippen molar-refractivity contribution in [2.45, 2.75) is 38.8 Å². The van der Waals surface area contributed by atoms with Gasteiger partial charge in [0.25, 0.3) is 0 Å². The van der Waals surface area contributed by atoms with E-state index in [0.717, 1.165) is 29.8 Å². The lowest BCUT2D eigenvalue weighted by Gasteiger charge is -2.37. The molecule has 1 N–H and O–H groups in total. The van der Waals surface area contributed by atoms with E-state index in [9.17, 15) is 0 Å². The molecule has 2 aliphatic rings. The molecule has 1 aromatic heterocycles. The Hall–Kier alpha value is -1.33. The molecule has 0 amide bonds. The number of pyridine rings is 1. The first-order valence-corrected chi connectivity index (χ1v) is 10.4. The maximum Gasteiger partial charge on any atom is 0.130 e. The van der Waals surface area contributed by atoms with Crippen LogP contribution in [0.25, 0.3) is 0 Å². The predicted octanol–water partition coefficient (Wildman–Crippen LogP) is 4.72. The third kappa shape index (κ3) is 7.14. The van der Waals surface area contributed by atoms with Gasteiger partial charge in [0.05, 0.1) is 5.69 Å². The van der Waals surface area contributed by atoms with Crippen LogP contribution >= 0.6 is 24.8 Å². The molecule has 29 heavy (non-hydrogen) atoms. The molecule has 1 aromatic carbocycles. The lowest BCUT2D eigenvalue weighted by molar-refractivity contribution is 0.126. The Kier molecular flexibility index (Phi) is 10.2. The number of rotatable bonds is 6. The van der Waals surface area contributed by atoms with Crippen molar-refractivity contribution in [2.75, 3.05) is 26.2 Å². The molecule has 2 aromatic rings. The first kappa shape index (κ1) is 23.9. The number of aromatic nitrogens is 1. The van der Waals surface area contributed by atoms with Gasteiger partial charge in [-0.1, -0.05) is 18.2 Å². The van der Waals surface area contributed by atoms with Crippen LogP contribution in [0.2, 0.25) is 0 Å². The quantitative estimate of drug-likeness (QED) is 0.709. The zero-order valence-corrected chi connectivity index (χ0v) is 18.6. The first-order valence-electron chi connectivity index (χ1n) is 10.4. The number of benzene rings is 1. The Morgan fingerprint density at radius 3 is 2.41 bits per heavy atom. The van der Waals surface area contributed by atoms with Gasteiger partial charge in [0, 0.05) is 12.7 Å². The van der Waals surface area contributed by atoms with E-state index in [0.29, 0.717) is 6.61 Å². The maximum absolute atomic E-state index is 5.93. The topological polar surface area (TPSA) is 37.4 Å². The van der Waals surface area contributed by atoms with Gasteiger partial charge in [-0.15, -0.1) is 24.8 Å². The summed E-state index contributed by atoms with van der Waals surface area (Å²) in [4.78, 5) is 6.92. The molecular weight excluding hydrogens is 405 g/mol. The smallest absolute Gasteiger partial charge is 0.130 e. The van der Waals surface area contributed by atoms with E-state index in [-0.39, 0.29) is 24.8 Å². The Labute approximate surface area is 187 Å². The van der Waals surface area contributed by atoms with Crippen LogP contribution in [0.3, 0.4) is 0 Å². The van der Waals surface area contributed by atoms with Crippen LogP contribution in [0.5, 0.6) is 5.75 Å². The molecule has 4 nitrogen and oxygen atoms in total. The molecule has 2 saturated heterocycles. The van der Waals surface area contributed by atoms with E-state index < -0.39 is 0 Å². The van der Waals surface area contributed by atoms with E-state index in [1.165, 1.54) is 57.4 Å². The number of nitrogens with zero attached hydrogens (tertiary/aromatic N) is 2. The lowest BCUT2D eigenvalue weighted by Crippen LogP contribution is -2.39. The zero-order valence-electron chi connectivity index (χ0n) is 17.0. The fraction of sp³-hybridized carbons (Fsp3) is 0.522. The second kappa shape index (κ2) is 12.4. The van der Waals surface area contributed by atoms with Gasteiger partial charge < -0.3 is 10.1 Å². The van der Waals surface area contributed by atoms with Crippen molar-refractivity contribution in [1.82, 2.24) is 15.2 Å². The van der Waals surface area contributed by atoms with E-state index in [1.807, 2.05) is 30.5 Å². The third-order valence-electron chi connectivity index (χ3n) is 6.10. The van der Waals surface area contributed by atoms with Crippen LogP contribution in [-0.2, 0) is 13.2 Å². The van der Waals surface area contributed by atoms with Crippen LogP contribution in [0.1, 0.15) is 36.9 Å². The van der Waals surface area contributed by atoms with Gasteiger partial charge in [-0.2, -0.15) is 0 Å². The summed E-state index contributed by atoms with van der Waals surface area (Å²) in [6.07, 6.45) is 7.28. The number of hydrogen-bond acceptors (Lipinski definition) is 4. The van der Waals surface area contributed by atoms with Gasteiger partial charge in [0.1, 0.15) is 12.4 Å². The highest BCUT2D eigenvalue weighted by atomic mass is 35.5. The van der Waals surface area contributed by atoms with Gasteiger partial charge in [0.15, 0.2) is 0 Å². The van der Waals surface area contributed by atoms with Crippen molar-refractivity contribution < 1.29 is 4.74 Å². The molecule has 6 heteroatoms. The van der Waals surface area contributed by atoms with Gasteiger partial charge in [-0.25, -0.2) is 0 Å². The summed E-state index contributed by atoms with van der Waals surface area (Å²) in [7, 11) is 0. The number of likely N-dealkylation sites (tertiary alicyclic amines) is 1. The Bertz CT molecular complexity index is 702. The Morgan fingerprint density at radius 1 is 0.931 bits per heavy atom. The molecule has 2 aliphatic heterocycles. The second-order valence-electron chi connectivity index (χ2n) is 7.96. The van der Waals surface area contributed by atoms with Crippen LogP contribution in [0.4, 0.5) is 0 Å². The third-order valence-corrected chi connectivity index (χ3v) is 6.10. The summed E-state index contributed by atoms with van der Waals surface area (Å²) < 4.78 is 5.93. The van der Waals surface area contributed by atoms with Crippen LogP contribution in [0, 0.1) is 11.8 Å². The first-order chi connectivity index (χ1) is 13.4. The molecule has 0 aliphatic carbocycles. The summed E-state index contributed by atoms with van der Waals surface area (Å²) in [5.41, 5.74) is 2.30. The summed E-state index contributed by atoms with van der Waals surface area (Å²) in [5.74, 6) is 2.83. The highest BCUT2D eigenvalue weighted by Gasteiger charge is 2.27. The van der Waals surface area contributed by atoms with Crippen molar-refractivity contribution in [2.24, 2.45) is 11.8 Å². The van der Waals surface area contributed by atoms with Gasteiger partial charge in [0.2, 0.25) is 0 Å². The van der Waals surface area contributed by atoms with Crippen molar-refractivity contribution in [3.05, 3.63) is 59.9 Å². The monoisotopic (exact) mass is 437 g/mol. The molecule has 0 atom stereocenters. The van der Waals surface area contributed by atoms with Crippen LogP contribution in [0.15, 0.2) is 48.7 Å². The molecule has 160 valence electrons. The van der Waals surface area contributed by atoms with Crippen molar-refractivity contribution in [3.8, 4) is 5.75 Å². The molecular formula is C23H33Cl2N3O. The average Bonchev–Trinajstić information content (AvgIpc) is 2.75. The number of piperidine rings is 2. The molecule has 0 radical (unpaired) electrons.